The maximum atomic E-state index is 10.5. The van der Waals surface area contributed by atoms with Crippen molar-refractivity contribution in [1.82, 2.24) is 4.90 Å². The molecule has 2 heteroatoms. The molecule has 3 atom stereocenters. The van der Waals surface area contributed by atoms with Crippen LogP contribution in [0.25, 0.3) is 0 Å². The summed E-state index contributed by atoms with van der Waals surface area (Å²) in [6.07, 6.45) is 5.79. The van der Waals surface area contributed by atoms with Gasteiger partial charge in [0.05, 0.1) is 5.60 Å². The van der Waals surface area contributed by atoms with Crippen LogP contribution >= 0.6 is 0 Å². The van der Waals surface area contributed by atoms with Crippen molar-refractivity contribution in [3.8, 4) is 0 Å². The van der Waals surface area contributed by atoms with Crippen molar-refractivity contribution in [1.29, 1.82) is 0 Å². The van der Waals surface area contributed by atoms with E-state index >= 15 is 0 Å². The van der Waals surface area contributed by atoms with Gasteiger partial charge in [-0.2, -0.15) is 0 Å². The molecule has 0 radical (unpaired) electrons. The molecule has 2 fully saturated rings. The largest absolute Gasteiger partial charge is 0.389 e. The van der Waals surface area contributed by atoms with Gasteiger partial charge in [-0.05, 0) is 38.0 Å². The summed E-state index contributed by atoms with van der Waals surface area (Å²) in [4.78, 5) is 2.53. The summed E-state index contributed by atoms with van der Waals surface area (Å²) in [6, 6.07) is 0.640. The van der Waals surface area contributed by atoms with Gasteiger partial charge in [-0.3, -0.25) is 4.90 Å². The Morgan fingerprint density at radius 1 is 1.19 bits per heavy atom. The maximum Gasteiger partial charge on any atom is 0.0774 e. The van der Waals surface area contributed by atoms with Crippen LogP contribution < -0.4 is 0 Å². The zero-order valence-electron chi connectivity index (χ0n) is 11.1. The Hall–Kier alpha value is -0.0800. The summed E-state index contributed by atoms with van der Waals surface area (Å²) in [7, 11) is 0. The van der Waals surface area contributed by atoms with E-state index in [1.807, 2.05) is 0 Å². The topological polar surface area (TPSA) is 23.5 Å². The molecule has 1 saturated carbocycles. The zero-order chi connectivity index (χ0) is 11.8. The Labute approximate surface area is 100 Å². The molecule has 1 aliphatic heterocycles. The third-order valence-electron chi connectivity index (χ3n) is 4.75. The van der Waals surface area contributed by atoms with Crippen LogP contribution in [0.2, 0.25) is 0 Å². The fourth-order valence-corrected chi connectivity index (χ4v) is 3.61. The molecule has 16 heavy (non-hydrogen) atoms. The number of nitrogens with zero attached hydrogens (tertiary/aromatic N) is 1. The summed E-state index contributed by atoms with van der Waals surface area (Å²) in [5.41, 5.74) is -0.370. The van der Waals surface area contributed by atoms with Crippen LogP contribution in [-0.4, -0.2) is 34.7 Å². The Morgan fingerprint density at radius 3 is 2.44 bits per heavy atom. The number of aliphatic hydroxyl groups is 1. The fourth-order valence-electron chi connectivity index (χ4n) is 3.61. The van der Waals surface area contributed by atoms with Gasteiger partial charge in [0.25, 0.3) is 0 Å². The first-order chi connectivity index (χ1) is 7.50. The Morgan fingerprint density at radius 2 is 1.81 bits per heavy atom. The average Bonchev–Trinajstić information content (AvgIpc) is 2.61. The van der Waals surface area contributed by atoms with Crippen molar-refractivity contribution < 1.29 is 5.11 Å². The van der Waals surface area contributed by atoms with E-state index in [1.165, 1.54) is 25.8 Å². The van der Waals surface area contributed by atoms with Crippen LogP contribution in [-0.2, 0) is 0 Å². The van der Waals surface area contributed by atoms with Gasteiger partial charge in [0.2, 0.25) is 0 Å². The Kier molecular flexibility index (Phi) is 3.60. The van der Waals surface area contributed by atoms with Crippen LogP contribution in [0.3, 0.4) is 0 Å². The minimum atomic E-state index is -0.370. The molecular formula is C14H27NO. The van der Waals surface area contributed by atoms with Crippen molar-refractivity contribution in [2.75, 3.05) is 13.1 Å². The first-order valence-electron chi connectivity index (χ1n) is 6.97. The summed E-state index contributed by atoms with van der Waals surface area (Å²) in [5.74, 6) is 1.56. The summed E-state index contributed by atoms with van der Waals surface area (Å²) in [6.45, 7) is 9.10. The van der Waals surface area contributed by atoms with Crippen molar-refractivity contribution in [3.05, 3.63) is 0 Å². The monoisotopic (exact) mass is 225 g/mol. The second kappa shape index (κ2) is 4.66. The molecule has 94 valence electrons. The number of rotatable bonds is 2. The molecule has 2 rings (SSSR count). The third-order valence-corrected chi connectivity index (χ3v) is 4.75. The molecule has 0 bridgehead atoms. The molecule has 1 N–H and O–H groups in total. The molecule has 0 aromatic carbocycles. The summed E-state index contributed by atoms with van der Waals surface area (Å²) < 4.78 is 0. The Bertz CT molecular complexity index is 235. The van der Waals surface area contributed by atoms with Crippen LogP contribution in [0.5, 0.6) is 0 Å². The normalized spacial score (nSPS) is 40.1. The van der Waals surface area contributed by atoms with E-state index in [-0.39, 0.29) is 5.60 Å². The van der Waals surface area contributed by atoms with Crippen LogP contribution in [0, 0.1) is 11.8 Å². The molecule has 2 nitrogen and oxygen atoms in total. The second-order valence-corrected chi connectivity index (χ2v) is 6.42. The molecule has 0 amide bonds. The van der Waals surface area contributed by atoms with Crippen LogP contribution in [0.15, 0.2) is 0 Å². The zero-order valence-corrected chi connectivity index (χ0v) is 11.1. The molecule has 1 heterocycles. The lowest BCUT2D eigenvalue weighted by Gasteiger charge is -2.44. The summed E-state index contributed by atoms with van der Waals surface area (Å²) in [5, 5.41) is 10.5. The SMILES string of the molecule is CC1CC(C)C(C)N(CC2(O)CCCC2)C1. The lowest BCUT2D eigenvalue weighted by molar-refractivity contribution is -0.0282. The van der Waals surface area contributed by atoms with E-state index in [0.717, 1.165) is 31.2 Å². The van der Waals surface area contributed by atoms with Gasteiger partial charge in [0, 0.05) is 19.1 Å². The van der Waals surface area contributed by atoms with E-state index in [4.69, 9.17) is 0 Å². The molecule has 0 aromatic heterocycles. The molecule has 0 aromatic rings. The maximum absolute atomic E-state index is 10.5. The fraction of sp³-hybridized carbons (Fsp3) is 1.00. The minimum absolute atomic E-state index is 0.370. The van der Waals surface area contributed by atoms with E-state index in [0.29, 0.717) is 6.04 Å². The third kappa shape index (κ3) is 2.60. The number of hydrogen-bond donors (Lipinski definition) is 1. The predicted octanol–water partition coefficient (Wildman–Crippen LogP) is 2.66. The quantitative estimate of drug-likeness (QED) is 0.781. The lowest BCUT2D eigenvalue weighted by Crippen LogP contribution is -2.51. The minimum Gasteiger partial charge on any atom is -0.389 e. The predicted molar refractivity (Wildman–Crippen MR) is 67.4 cm³/mol. The lowest BCUT2D eigenvalue weighted by atomic mass is 9.85. The first-order valence-corrected chi connectivity index (χ1v) is 6.97. The number of piperidine rings is 1. The molecule has 0 spiro atoms. The van der Waals surface area contributed by atoms with E-state index < -0.39 is 0 Å². The van der Waals surface area contributed by atoms with Crippen LogP contribution in [0.4, 0.5) is 0 Å². The molecule has 1 saturated heterocycles. The van der Waals surface area contributed by atoms with Crippen molar-refractivity contribution in [2.24, 2.45) is 11.8 Å². The average molecular weight is 225 g/mol. The highest BCUT2D eigenvalue weighted by Gasteiger charge is 2.37. The Balaban J connectivity index is 1.97. The van der Waals surface area contributed by atoms with E-state index in [1.54, 1.807) is 0 Å². The molecule has 2 aliphatic rings. The highest BCUT2D eigenvalue weighted by molar-refractivity contribution is 4.91. The highest BCUT2D eigenvalue weighted by atomic mass is 16.3. The van der Waals surface area contributed by atoms with Crippen molar-refractivity contribution in [3.63, 3.8) is 0 Å². The van der Waals surface area contributed by atoms with Gasteiger partial charge in [-0.25, -0.2) is 0 Å². The highest BCUT2D eigenvalue weighted by Crippen LogP contribution is 2.34. The van der Waals surface area contributed by atoms with Gasteiger partial charge < -0.3 is 5.11 Å². The van der Waals surface area contributed by atoms with Gasteiger partial charge >= 0.3 is 0 Å². The summed E-state index contributed by atoms with van der Waals surface area (Å²) >= 11 is 0. The van der Waals surface area contributed by atoms with E-state index in [2.05, 4.69) is 25.7 Å². The van der Waals surface area contributed by atoms with Gasteiger partial charge in [-0.1, -0.05) is 26.7 Å². The van der Waals surface area contributed by atoms with Gasteiger partial charge in [0.1, 0.15) is 0 Å². The standard InChI is InChI=1S/C14H27NO/c1-11-8-12(2)13(3)15(9-11)10-14(16)6-4-5-7-14/h11-13,16H,4-10H2,1-3H3. The van der Waals surface area contributed by atoms with Crippen LogP contribution in [0.1, 0.15) is 52.9 Å². The number of hydrogen-bond acceptors (Lipinski definition) is 2. The number of likely N-dealkylation sites (tertiary alicyclic amines) is 1. The molecular weight excluding hydrogens is 198 g/mol. The van der Waals surface area contributed by atoms with Gasteiger partial charge in [-0.15, -0.1) is 0 Å². The number of β-amino-alcohol motifs (C(OH)–C–C–N with tert-alkyl or cyclic N) is 1. The van der Waals surface area contributed by atoms with Crippen molar-refractivity contribution >= 4 is 0 Å². The van der Waals surface area contributed by atoms with Gasteiger partial charge in [0.15, 0.2) is 0 Å². The second-order valence-electron chi connectivity index (χ2n) is 6.42. The molecule has 1 aliphatic carbocycles. The van der Waals surface area contributed by atoms with E-state index in [9.17, 15) is 5.11 Å². The smallest absolute Gasteiger partial charge is 0.0774 e. The van der Waals surface area contributed by atoms with Crippen molar-refractivity contribution in [2.45, 2.75) is 64.5 Å². The first kappa shape index (κ1) is 12.4. The molecule has 3 unspecified atom stereocenters.